The number of carboxylic acids is 1. The Morgan fingerprint density at radius 1 is 1.64 bits per heavy atom. The number of anilines is 1. The Hall–Kier alpha value is -1.97. The highest BCUT2D eigenvalue weighted by molar-refractivity contribution is 5.94. The number of aromatic carboxylic acids is 1. The molecule has 0 fully saturated rings. The molecule has 0 aliphatic carbocycles. The van der Waals surface area contributed by atoms with Crippen LogP contribution in [0, 0.1) is 0 Å². The van der Waals surface area contributed by atoms with Gasteiger partial charge in [-0.15, -0.1) is 0 Å². The molecular weight excluding hydrogens is 182 g/mol. The summed E-state index contributed by atoms with van der Waals surface area (Å²) >= 11 is 0. The van der Waals surface area contributed by atoms with Crippen molar-refractivity contribution in [3.05, 3.63) is 36.4 Å². The third-order valence-corrected chi connectivity index (χ3v) is 1.62. The number of benzene rings is 1. The zero-order chi connectivity index (χ0) is 10.6. The van der Waals surface area contributed by atoms with E-state index in [1.165, 1.54) is 12.1 Å². The van der Waals surface area contributed by atoms with Crippen LogP contribution in [0.4, 0.5) is 5.69 Å². The molecule has 0 bridgehead atoms. The summed E-state index contributed by atoms with van der Waals surface area (Å²) in [5, 5.41) is 8.76. The van der Waals surface area contributed by atoms with E-state index in [1.807, 2.05) is 0 Å². The summed E-state index contributed by atoms with van der Waals surface area (Å²) in [4.78, 5) is 10.7. The monoisotopic (exact) mass is 193 g/mol. The van der Waals surface area contributed by atoms with E-state index in [9.17, 15) is 4.79 Å². The standard InChI is InChI=1S/C10H11NO3/c1-2-5-14-7-3-4-9(11)8(6-7)10(12)13/h2-4,6H,1,5,11H2,(H,12,13). The van der Waals surface area contributed by atoms with Gasteiger partial charge < -0.3 is 15.6 Å². The van der Waals surface area contributed by atoms with Crippen LogP contribution in [0.3, 0.4) is 0 Å². The third kappa shape index (κ3) is 2.26. The maximum atomic E-state index is 10.7. The summed E-state index contributed by atoms with van der Waals surface area (Å²) in [5.74, 6) is -0.594. The Labute approximate surface area is 81.6 Å². The predicted octanol–water partition coefficient (Wildman–Crippen LogP) is 1.53. The highest BCUT2D eigenvalue weighted by Gasteiger charge is 2.08. The van der Waals surface area contributed by atoms with E-state index in [2.05, 4.69) is 6.58 Å². The van der Waals surface area contributed by atoms with E-state index in [0.717, 1.165) is 0 Å². The molecule has 0 saturated heterocycles. The Bertz CT molecular complexity index is 360. The lowest BCUT2D eigenvalue weighted by molar-refractivity contribution is 0.0697. The van der Waals surface area contributed by atoms with Crippen LogP contribution >= 0.6 is 0 Å². The van der Waals surface area contributed by atoms with Gasteiger partial charge in [0.05, 0.1) is 5.56 Å². The highest BCUT2D eigenvalue weighted by atomic mass is 16.5. The molecule has 74 valence electrons. The van der Waals surface area contributed by atoms with Crippen LogP contribution in [0.25, 0.3) is 0 Å². The molecule has 0 heterocycles. The normalized spacial score (nSPS) is 9.43. The molecule has 0 spiro atoms. The summed E-state index contributed by atoms with van der Waals surface area (Å²) in [5.41, 5.74) is 5.74. The molecule has 4 nitrogen and oxygen atoms in total. The minimum atomic E-state index is -1.06. The molecular formula is C10H11NO3. The van der Waals surface area contributed by atoms with Crippen molar-refractivity contribution in [2.45, 2.75) is 0 Å². The molecule has 0 unspecified atom stereocenters. The average Bonchev–Trinajstić information content (AvgIpc) is 2.16. The van der Waals surface area contributed by atoms with Gasteiger partial charge in [0, 0.05) is 5.69 Å². The minimum absolute atomic E-state index is 0.0477. The van der Waals surface area contributed by atoms with Gasteiger partial charge in [0.2, 0.25) is 0 Å². The highest BCUT2D eigenvalue weighted by Crippen LogP contribution is 2.19. The Kier molecular flexibility index (Phi) is 3.12. The van der Waals surface area contributed by atoms with Gasteiger partial charge >= 0.3 is 5.97 Å². The number of carbonyl (C=O) groups is 1. The fourth-order valence-electron chi connectivity index (χ4n) is 0.966. The van der Waals surface area contributed by atoms with Gasteiger partial charge in [-0.25, -0.2) is 4.79 Å². The maximum Gasteiger partial charge on any atom is 0.337 e. The number of nitrogens with two attached hydrogens (primary N) is 1. The van der Waals surface area contributed by atoms with Crippen molar-refractivity contribution in [3.8, 4) is 5.75 Å². The van der Waals surface area contributed by atoms with E-state index >= 15 is 0 Å². The zero-order valence-corrected chi connectivity index (χ0v) is 7.56. The second-order valence-corrected chi connectivity index (χ2v) is 2.65. The quantitative estimate of drug-likeness (QED) is 0.561. The van der Waals surface area contributed by atoms with Crippen molar-refractivity contribution in [2.24, 2.45) is 0 Å². The van der Waals surface area contributed by atoms with Crippen LogP contribution in [0.2, 0.25) is 0 Å². The molecule has 0 aliphatic rings. The van der Waals surface area contributed by atoms with E-state index in [-0.39, 0.29) is 11.3 Å². The van der Waals surface area contributed by atoms with Crippen LogP contribution in [-0.4, -0.2) is 17.7 Å². The van der Waals surface area contributed by atoms with Crippen LogP contribution < -0.4 is 10.5 Å². The first-order valence-electron chi connectivity index (χ1n) is 4.01. The summed E-state index contributed by atoms with van der Waals surface area (Å²) in [6.45, 7) is 3.82. The van der Waals surface area contributed by atoms with Crippen molar-refractivity contribution in [3.63, 3.8) is 0 Å². The number of rotatable bonds is 4. The van der Waals surface area contributed by atoms with Gasteiger partial charge in [-0.1, -0.05) is 12.7 Å². The van der Waals surface area contributed by atoms with Gasteiger partial charge in [0.25, 0.3) is 0 Å². The van der Waals surface area contributed by atoms with Crippen molar-refractivity contribution in [1.82, 2.24) is 0 Å². The first kappa shape index (κ1) is 10.1. The first-order chi connectivity index (χ1) is 6.65. The van der Waals surface area contributed by atoms with E-state index < -0.39 is 5.97 Å². The van der Waals surface area contributed by atoms with Gasteiger partial charge in [-0.2, -0.15) is 0 Å². The van der Waals surface area contributed by atoms with Gasteiger partial charge in [0.15, 0.2) is 0 Å². The Morgan fingerprint density at radius 3 is 2.93 bits per heavy atom. The zero-order valence-electron chi connectivity index (χ0n) is 7.56. The Balaban J connectivity index is 2.94. The molecule has 0 aliphatic heterocycles. The summed E-state index contributed by atoms with van der Waals surface area (Å²) < 4.78 is 5.16. The molecule has 1 rings (SSSR count). The third-order valence-electron chi connectivity index (χ3n) is 1.62. The second-order valence-electron chi connectivity index (χ2n) is 2.65. The predicted molar refractivity (Wildman–Crippen MR) is 53.5 cm³/mol. The van der Waals surface area contributed by atoms with Crippen LogP contribution in [0.5, 0.6) is 5.75 Å². The molecule has 0 amide bonds. The average molecular weight is 193 g/mol. The van der Waals surface area contributed by atoms with Crippen molar-refractivity contribution in [1.29, 1.82) is 0 Å². The lowest BCUT2D eigenvalue weighted by Crippen LogP contribution is -2.03. The number of carboxylic acid groups (broad SMARTS) is 1. The number of nitrogen functional groups attached to an aromatic ring is 1. The molecule has 14 heavy (non-hydrogen) atoms. The van der Waals surface area contributed by atoms with Crippen LogP contribution in [-0.2, 0) is 0 Å². The van der Waals surface area contributed by atoms with E-state index in [1.54, 1.807) is 12.1 Å². The molecule has 0 saturated carbocycles. The van der Waals surface area contributed by atoms with Crippen LogP contribution in [0.1, 0.15) is 10.4 Å². The molecule has 4 heteroatoms. The first-order valence-corrected chi connectivity index (χ1v) is 4.01. The smallest absolute Gasteiger partial charge is 0.337 e. The second kappa shape index (κ2) is 4.32. The summed E-state index contributed by atoms with van der Waals surface area (Å²) in [6, 6.07) is 4.51. The topological polar surface area (TPSA) is 72.5 Å². The number of ether oxygens (including phenoxy) is 1. The van der Waals surface area contributed by atoms with E-state index in [4.69, 9.17) is 15.6 Å². The maximum absolute atomic E-state index is 10.7. The van der Waals surface area contributed by atoms with Gasteiger partial charge in [-0.3, -0.25) is 0 Å². The van der Waals surface area contributed by atoms with Gasteiger partial charge in [-0.05, 0) is 18.2 Å². The number of hydrogen-bond acceptors (Lipinski definition) is 3. The summed E-state index contributed by atoms with van der Waals surface area (Å²) in [6.07, 6.45) is 1.58. The molecule has 3 N–H and O–H groups in total. The lowest BCUT2D eigenvalue weighted by Gasteiger charge is -2.05. The van der Waals surface area contributed by atoms with Crippen LogP contribution in [0.15, 0.2) is 30.9 Å². The van der Waals surface area contributed by atoms with Crippen molar-refractivity contribution in [2.75, 3.05) is 12.3 Å². The van der Waals surface area contributed by atoms with Gasteiger partial charge in [0.1, 0.15) is 12.4 Å². The molecule has 1 aromatic carbocycles. The molecule has 0 atom stereocenters. The fourth-order valence-corrected chi connectivity index (χ4v) is 0.966. The Morgan fingerprint density at radius 2 is 2.36 bits per heavy atom. The molecule has 0 radical (unpaired) electrons. The molecule has 0 aromatic heterocycles. The molecule has 1 aromatic rings. The largest absolute Gasteiger partial charge is 0.490 e. The van der Waals surface area contributed by atoms with E-state index in [0.29, 0.717) is 12.4 Å². The summed E-state index contributed by atoms with van der Waals surface area (Å²) in [7, 11) is 0. The lowest BCUT2D eigenvalue weighted by atomic mass is 10.2. The minimum Gasteiger partial charge on any atom is -0.490 e. The number of hydrogen-bond donors (Lipinski definition) is 2. The van der Waals surface area contributed by atoms with Crippen molar-refractivity contribution < 1.29 is 14.6 Å². The van der Waals surface area contributed by atoms with Crippen molar-refractivity contribution >= 4 is 11.7 Å². The SMILES string of the molecule is C=CCOc1ccc(N)c(C(=O)O)c1. The fraction of sp³-hybridized carbons (Fsp3) is 0.100.